The first-order chi connectivity index (χ1) is 16.5. The van der Waals surface area contributed by atoms with Gasteiger partial charge in [0.25, 0.3) is 5.91 Å². The van der Waals surface area contributed by atoms with Crippen LogP contribution < -0.4 is 20.1 Å². The Balaban J connectivity index is 1.48. The van der Waals surface area contributed by atoms with Gasteiger partial charge < -0.3 is 20.1 Å². The Hall–Kier alpha value is -2.61. The van der Waals surface area contributed by atoms with E-state index in [0.29, 0.717) is 28.0 Å². The van der Waals surface area contributed by atoms with Gasteiger partial charge in [-0.15, -0.1) is 0 Å². The van der Waals surface area contributed by atoms with Crippen molar-refractivity contribution < 1.29 is 14.3 Å². The molecule has 176 valence electrons. The second-order valence-corrected chi connectivity index (χ2v) is 9.99. The maximum atomic E-state index is 12.6. The van der Waals surface area contributed by atoms with Gasteiger partial charge in [0.05, 0.1) is 12.0 Å². The Bertz CT molecular complexity index is 1220. The van der Waals surface area contributed by atoms with Gasteiger partial charge in [-0.05, 0) is 54.0 Å². The monoisotopic (exact) mass is 558 g/mol. The molecule has 1 amide bonds. The van der Waals surface area contributed by atoms with Gasteiger partial charge in [-0.3, -0.25) is 4.79 Å². The van der Waals surface area contributed by atoms with Crippen molar-refractivity contribution in [2.75, 3.05) is 12.4 Å². The molecule has 3 aromatic carbocycles. The molecule has 0 unspecified atom stereocenters. The maximum absolute atomic E-state index is 12.6. The van der Waals surface area contributed by atoms with Gasteiger partial charge in [0.2, 0.25) is 0 Å². The number of benzene rings is 3. The summed E-state index contributed by atoms with van der Waals surface area (Å²) < 4.78 is 12.3. The van der Waals surface area contributed by atoms with Crippen LogP contribution in [0.25, 0.3) is 6.08 Å². The van der Waals surface area contributed by atoms with E-state index >= 15 is 0 Å². The molecular weight excluding hydrogens is 536 g/mol. The van der Waals surface area contributed by atoms with E-state index in [1.807, 2.05) is 54.6 Å². The largest absolute Gasteiger partial charge is 0.493 e. The predicted octanol–water partition coefficient (Wildman–Crippen LogP) is 6.85. The zero-order valence-corrected chi connectivity index (χ0v) is 21.9. The zero-order chi connectivity index (χ0) is 24.1. The normalized spacial score (nSPS) is 16.4. The standard InChI is InChI=1S/C26H24BrClN2O3S/c1-3-16-8-10-19(11-9-16)29-26-30-25(31)24(34-26)13-18-12-22(32-2)23(14-20(18)27)33-15-17-6-4-5-7-21(17)28/h4-14,26,29H,3,15H2,1-2H3,(H,30,31)/b24-13-/t26-/m0/s1. The minimum Gasteiger partial charge on any atom is -0.493 e. The van der Waals surface area contributed by atoms with Gasteiger partial charge in [-0.2, -0.15) is 0 Å². The van der Waals surface area contributed by atoms with Crippen LogP contribution in [0.5, 0.6) is 11.5 Å². The molecule has 3 aromatic rings. The Morgan fingerprint density at radius 2 is 1.91 bits per heavy atom. The number of thioether (sulfide) groups is 1. The molecule has 4 rings (SSSR count). The molecule has 0 saturated carbocycles. The number of anilines is 1. The van der Waals surface area contributed by atoms with E-state index in [-0.39, 0.29) is 11.4 Å². The first kappa shape index (κ1) is 24.5. The van der Waals surface area contributed by atoms with Crippen molar-refractivity contribution in [3.8, 4) is 11.5 Å². The highest BCUT2D eigenvalue weighted by Crippen LogP contribution is 2.38. The van der Waals surface area contributed by atoms with Crippen molar-refractivity contribution in [2.45, 2.75) is 25.4 Å². The summed E-state index contributed by atoms with van der Waals surface area (Å²) in [5.74, 6) is 1.02. The second kappa shape index (κ2) is 11.2. The zero-order valence-electron chi connectivity index (χ0n) is 18.7. The molecular formula is C26H24BrClN2O3S. The number of hydrogen-bond donors (Lipinski definition) is 2. The maximum Gasteiger partial charge on any atom is 0.260 e. The SMILES string of the molecule is CCc1ccc(N[C@H]2NC(=O)/C(=C/c3cc(OC)c(OCc4ccccc4Cl)cc3Br)S2)cc1. The van der Waals surface area contributed by atoms with Crippen LogP contribution in [0.2, 0.25) is 5.02 Å². The smallest absolute Gasteiger partial charge is 0.260 e. The van der Waals surface area contributed by atoms with Crippen molar-refractivity contribution in [3.05, 3.63) is 91.8 Å². The summed E-state index contributed by atoms with van der Waals surface area (Å²) in [6.07, 6.45) is 2.83. The predicted molar refractivity (Wildman–Crippen MR) is 143 cm³/mol. The molecule has 1 aliphatic rings. The fourth-order valence-electron chi connectivity index (χ4n) is 3.40. The van der Waals surface area contributed by atoms with Crippen molar-refractivity contribution in [1.29, 1.82) is 0 Å². The Morgan fingerprint density at radius 1 is 1.15 bits per heavy atom. The summed E-state index contributed by atoms with van der Waals surface area (Å²) in [5.41, 5.74) is 3.68. The van der Waals surface area contributed by atoms with Crippen LogP contribution in [0.1, 0.15) is 23.6 Å². The van der Waals surface area contributed by atoms with Gasteiger partial charge in [0, 0.05) is 20.7 Å². The van der Waals surface area contributed by atoms with Crippen LogP contribution in [0, 0.1) is 0 Å². The third-order valence-corrected chi connectivity index (χ3v) is 7.39. The highest BCUT2D eigenvalue weighted by molar-refractivity contribution is 9.10. The lowest BCUT2D eigenvalue weighted by atomic mass is 10.1. The average molecular weight is 560 g/mol. The molecule has 0 spiro atoms. The number of methoxy groups -OCH3 is 1. The van der Waals surface area contributed by atoms with E-state index in [4.69, 9.17) is 21.1 Å². The lowest BCUT2D eigenvalue weighted by Crippen LogP contribution is -2.30. The van der Waals surface area contributed by atoms with Crippen molar-refractivity contribution in [2.24, 2.45) is 0 Å². The number of rotatable bonds is 8. The third kappa shape index (κ3) is 5.90. The van der Waals surface area contributed by atoms with Crippen LogP contribution in [-0.4, -0.2) is 18.5 Å². The Kier molecular flexibility index (Phi) is 8.08. The number of ether oxygens (including phenoxy) is 2. The van der Waals surface area contributed by atoms with Crippen LogP contribution in [0.4, 0.5) is 5.69 Å². The van der Waals surface area contributed by atoms with E-state index in [1.165, 1.54) is 17.3 Å². The van der Waals surface area contributed by atoms with Crippen molar-refractivity contribution >= 4 is 57.0 Å². The average Bonchev–Trinajstić information content (AvgIpc) is 3.18. The quantitative estimate of drug-likeness (QED) is 0.296. The van der Waals surface area contributed by atoms with Gasteiger partial charge in [0.15, 0.2) is 17.0 Å². The van der Waals surface area contributed by atoms with Gasteiger partial charge in [-0.1, -0.05) is 76.5 Å². The summed E-state index contributed by atoms with van der Waals surface area (Å²) in [4.78, 5) is 13.2. The first-order valence-electron chi connectivity index (χ1n) is 10.7. The summed E-state index contributed by atoms with van der Waals surface area (Å²) >= 11 is 11.3. The first-order valence-corrected chi connectivity index (χ1v) is 12.8. The van der Waals surface area contributed by atoms with E-state index in [1.54, 1.807) is 7.11 Å². The molecule has 1 heterocycles. The van der Waals surface area contributed by atoms with E-state index < -0.39 is 0 Å². The highest BCUT2D eigenvalue weighted by Gasteiger charge is 2.27. The Morgan fingerprint density at radius 3 is 2.62 bits per heavy atom. The number of halogens is 2. The summed E-state index contributed by atoms with van der Waals surface area (Å²) in [6, 6.07) is 19.4. The topological polar surface area (TPSA) is 59.6 Å². The molecule has 2 N–H and O–H groups in total. The summed E-state index contributed by atoms with van der Waals surface area (Å²) in [5, 5.41) is 6.96. The molecule has 1 aliphatic heterocycles. The fraction of sp³-hybridized carbons (Fsp3) is 0.192. The van der Waals surface area contributed by atoms with Gasteiger partial charge in [0.1, 0.15) is 6.61 Å². The summed E-state index contributed by atoms with van der Waals surface area (Å²) in [7, 11) is 1.59. The number of amides is 1. The molecule has 5 nitrogen and oxygen atoms in total. The van der Waals surface area contributed by atoms with Crippen LogP contribution in [-0.2, 0) is 17.8 Å². The van der Waals surface area contributed by atoms with Crippen molar-refractivity contribution in [1.82, 2.24) is 5.32 Å². The number of hydrogen-bond acceptors (Lipinski definition) is 5. The molecule has 0 aromatic heterocycles. The van der Waals surface area contributed by atoms with E-state index in [2.05, 4.69) is 45.6 Å². The minimum atomic E-state index is -0.245. The lowest BCUT2D eigenvalue weighted by Gasteiger charge is -2.14. The third-order valence-electron chi connectivity index (χ3n) is 5.30. The molecule has 1 atom stereocenters. The molecule has 0 aliphatic carbocycles. The molecule has 1 fully saturated rings. The molecule has 8 heteroatoms. The molecule has 0 radical (unpaired) electrons. The van der Waals surface area contributed by atoms with Crippen LogP contribution in [0.3, 0.4) is 0 Å². The molecule has 1 saturated heterocycles. The number of nitrogens with one attached hydrogen (secondary N) is 2. The molecule has 0 bridgehead atoms. The lowest BCUT2D eigenvalue weighted by molar-refractivity contribution is -0.116. The van der Waals surface area contributed by atoms with Crippen molar-refractivity contribution in [3.63, 3.8) is 0 Å². The number of carbonyl (C=O) groups is 1. The number of aryl methyl sites for hydroxylation is 1. The summed E-state index contributed by atoms with van der Waals surface area (Å²) in [6.45, 7) is 2.44. The van der Waals surface area contributed by atoms with Crippen LogP contribution >= 0.6 is 39.3 Å². The van der Waals surface area contributed by atoms with Gasteiger partial charge in [-0.25, -0.2) is 0 Å². The van der Waals surface area contributed by atoms with E-state index in [9.17, 15) is 4.79 Å². The van der Waals surface area contributed by atoms with Crippen LogP contribution in [0.15, 0.2) is 70.0 Å². The minimum absolute atomic E-state index is 0.127. The van der Waals surface area contributed by atoms with Gasteiger partial charge >= 0.3 is 0 Å². The highest BCUT2D eigenvalue weighted by atomic mass is 79.9. The molecule has 34 heavy (non-hydrogen) atoms. The number of carbonyl (C=O) groups excluding carboxylic acids is 1. The fourth-order valence-corrected chi connectivity index (χ4v) is 5.00. The Labute approximate surface area is 217 Å². The second-order valence-electron chi connectivity index (χ2n) is 7.58. The van der Waals surface area contributed by atoms with E-state index in [0.717, 1.165) is 27.7 Å².